The van der Waals surface area contributed by atoms with Crippen LogP contribution in [0.4, 0.5) is 0 Å². The van der Waals surface area contributed by atoms with Crippen molar-refractivity contribution in [3.05, 3.63) is 287 Å². The molecule has 14 aromatic carbocycles. The summed E-state index contributed by atoms with van der Waals surface area (Å²) in [4.78, 5) is 27.1. The molecule has 0 fully saturated rings. The standard InChI is InChI=1S/C121H140O6Si6/c1-82(2)130(83(3)4,66-62-106-110-70-94-36-27-31-40-98(94)74-114(110)108(115-75-99-41-32-28-37-95(99)71-111(106)115)64-68-132(86(9)10,87(11)12)104-58-50-92(51-59-104)80-126-128(23,24)120(17,18)19)102-54-46-90(47-55-102)78-124-118(122)44-35-45-119(123)125-79-91-48-56-103(57-49-91)131(84(5)6,85(7)8)67-63-107-112-72-96-38-29-33-42-100(96)76-116(112)109(117-77-101-43-34-30-39-97(101)73-113(107)117)65-69-133(88(13)14,89(15)16)105-60-52-93(53-61-105)81-127-129(25,26)121(20,21)22/h27-34,36-43,46-61,70-77,82-89H,35,44-45,78-81H2,1-26H3. The maximum atomic E-state index is 13.6. The molecule has 0 unspecified atom stereocenters. The number of fused-ring (bicyclic) bond motifs is 8. The topological polar surface area (TPSA) is 71.1 Å². The predicted molar refractivity (Wildman–Crippen MR) is 586 cm³/mol. The van der Waals surface area contributed by atoms with Crippen LogP contribution in [0, 0.1) is 45.9 Å². The van der Waals surface area contributed by atoms with E-state index in [2.05, 4.69) is 467 Å². The maximum Gasteiger partial charge on any atom is 0.306 e. The van der Waals surface area contributed by atoms with Gasteiger partial charge in [-0.15, -0.1) is 22.2 Å². The van der Waals surface area contributed by atoms with Crippen molar-refractivity contribution in [3.63, 3.8) is 0 Å². The summed E-state index contributed by atoms with van der Waals surface area (Å²) in [6, 6.07) is 89.8. The maximum absolute atomic E-state index is 13.6. The Bertz CT molecular complexity index is 6330. The molecule has 0 aliphatic rings. The van der Waals surface area contributed by atoms with Crippen LogP contribution in [0.25, 0.3) is 86.2 Å². The minimum atomic E-state index is -2.69. The van der Waals surface area contributed by atoms with Gasteiger partial charge < -0.3 is 18.3 Å². The molecule has 14 rings (SSSR count). The summed E-state index contributed by atoms with van der Waals surface area (Å²) in [5, 5.41) is 23.7. The van der Waals surface area contributed by atoms with Crippen molar-refractivity contribution in [1.82, 2.24) is 0 Å². The van der Waals surface area contributed by atoms with Gasteiger partial charge in [0.05, 0.1) is 13.2 Å². The van der Waals surface area contributed by atoms with Gasteiger partial charge in [-0.05, 0) is 265 Å². The van der Waals surface area contributed by atoms with Gasteiger partial charge >= 0.3 is 11.9 Å². The zero-order chi connectivity index (χ0) is 95.7. The van der Waals surface area contributed by atoms with Crippen molar-refractivity contribution < 1.29 is 27.9 Å². The van der Waals surface area contributed by atoms with Crippen LogP contribution < -0.4 is 20.7 Å². The average Bonchev–Trinajstić information content (AvgIpc) is 0.727. The molecule has 0 atom stereocenters. The molecular weight excluding hydrogens is 1720 g/mol. The Morgan fingerprint density at radius 1 is 0.263 bits per heavy atom. The molecule has 0 amide bonds. The Hall–Kier alpha value is -10.4. The van der Waals surface area contributed by atoms with Crippen LogP contribution in [0.5, 0.6) is 0 Å². The van der Waals surface area contributed by atoms with Gasteiger partial charge in [0.2, 0.25) is 0 Å². The van der Waals surface area contributed by atoms with E-state index in [9.17, 15) is 9.59 Å². The van der Waals surface area contributed by atoms with Crippen LogP contribution in [0.15, 0.2) is 243 Å². The highest BCUT2D eigenvalue weighted by atomic mass is 28.4. The first kappa shape index (κ1) is 98.6. The van der Waals surface area contributed by atoms with E-state index in [0.29, 0.717) is 41.8 Å². The van der Waals surface area contributed by atoms with E-state index in [1.165, 1.54) is 53.4 Å². The van der Waals surface area contributed by atoms with Gasteiger partial charge in [0, 0.05) is 35.1 Å². The highest BCUT2D eigenvalue weighted by Gasteiger charge is 2.46. The monoisotopic (exact) mass is 1860 g/mol. The molecule has 6 nitrogen and oxygen atoms in total. The second-order valence-corrected chi connectivity index (χ2v) is 72.4. The van der Waals surface area contributed by atoms with Crippen LogP contribution in [0.3, 0.4) is 0 Å². The first-order valence-electron chi connectivity index (χ1n) is 48.8. The quantitative estimate of drug-likeness (QED) is 0.0233. The molecule has 0 N–H and O–H groups in total. The molecule has 0 saturated carbocycles. The molecule has 0 aromatic heterocycles. The molecular formula is C121H140O6Si6. The van der Waals surface area contributed by atoms with E-state index in [-0.39, 0.29) is 70.2 Å². The van der Waals surface area contributed by atoms with Crippen LogP contribution in [0.2, 0.25) is 80.6 Å². The number of hydrogen-bond donors (Lipinski definition) is 0. The number of esters is 2. The van der Waals surface area contributed by atoms with E-state index >= 15 is 0 Å². The van der Waals surface area contributed by atoms with E-state index in [0.717, 1.165) is 98.0 Å². The molecule has 133 heavy (non-hydrogen) atoms. The number of carbonyl (C=O) groups is 2. The molecule has 0 aliphatic carbocycles. The second-order valence-electron chi connectivity index (χ2n) is 43.3. The lowest BCUT2D eigenvalue weighted by molar-refractivity contribution is -0.146. The predicted octanol–water partition coefficient (Wildman–Crippen LogP) is 30.2. The van der Waals surface area contributed by atoms with E-state index in [1.54, 1.807) is 0 Å². The number of ether oxygens (including phenoxy) is 2. The summed E-state index contributed by atoms with van der Waals surface area (Å²) < 4.78 is 25.4. The smallest absolute Gasteiger partial charge is 0.306 e. The molecule has 684 valence electrons. The average molecular weight is 1860 g/mol. The molecule has 0 aliphatic heterocycles. The third-order valence-corrected chi connectivity index (χ3v) is 61.5. The molecule has 12 heteroatoms. The summed E-state index contributed by atoms with van der Waals surface area (Å²) >= 11 is 0. The minimum Gasteiger partial charge on any atom is -0.461 e. The largest absolute Gasteiger partial charge is 0.461 e. The Labute approximate surface area is 801 Å². The Kier molecular flexibility index (Phi) is 29.5. The van der Waals surface area contributed by atoms with Crippen LogP contribution in [-0.4, -0.2) is 60.9 Å². The van der Waals surface area contributed by atoms with E-state index < -0.39 is 48.9 Å². The summed E-state index contributed by atoms with van der Waals surface area (Å²) in [7, 11) is -14.4. The van der Waals surface area contributed by atoms with Gasteiger partial charge in [0.25, 0.3) is 0 Å². The normalized spacial score (nSPS) is 12.8. The highest BCUT2D eigenvalue weighted by molar-refractivity contribution is 7.02. The van der Waals surface area contributed by atoms with Crippen LogP contribution in [-0.2, 0) is 54.3 Å². The number of hydrogen-bond acceptors (Lipinski definition) is 6. The molecule has 14 aromatic rings. The van der Waals surface area contributed by atoms with Gasteiger partial charge in [0.1, 0.15) is 13.2 Å². The van der Waals surface area contributed by atoms with Gasteiger partial charge in [0.15, 0.2) is 48.9 Å². The van der Waals surface area contributed by atoms with E-state index in [1.807, 2.05) is 0 Å². The van der Waals surface area contributed by atoms with Crippen LogP contribution >= 0.6 is 0 Å². The van der Waals surface area contributed by atoms with Crippen molar-refractivity contribution in [3.8, 4) is 45.9 Å². The third-order valence-electron chi connectivity index (χ3n) is 30.7. The SMILES string of the molecule is CC(C)[Si](C#Cc1c2cc3ccccc3cc2c(C#C[Si](c2ccc(CO[Si](C)(C)C(C)(C)C)cc2)(C(C)C)C(C)C)c2cc3ccccc3cc12)(c1ccc(COC(=O)CCCC(=O)OCc2ccc([Si](C#Cc3c4cc5ccccc5cc4c(C#C[Si](c4ccc(CO[Si](C)(C)C(C)(C)C)cc4)(C(C)C)C(C)C)c4cc5ccccc5cc34)(C(C)C)C(C)C)cc2)cc1)C(C)C. The van der Waals surface area contributed by atoms with Crippen molar-refractivity contribution >= 4 is 168 Å². The summed E-state index contributed by atoms with van der Waals surface area (Å²) in [5.41, 5.74) is 27.6. The lowest BCUT2D eigenvalue weighted by Gasteiger charge is -2.36. The van der Waals surface area contributed by atoms with Crippen molar-refractivity contribution in [1.29, 1.82) is 0 Å². The van der Waals surface area contributed by atoms with Crippen molar-refractivity contribution in [2.24, 2.45) is 0 Å². The summed E-state index contributed by atoms with van der Waals surface area (Å²) in [5.74, 6) is 15.6. The summed E-state index contributed by atoms with van der Waals surface area (Å²) in [6.07, 6.45) is 0.499. The van der Waals surface area contributed by atoms with Crippen LogP contribution in [0.1, 0.15) is 216 Å². The summed E-state index contributed by atoms with van der Waals surface area (Å²) in [6.45, 7) is 62.5. The van der Waals surface area contributed by atoms with Gasteiger partial charge in [-0.25, -0.2) is 0 Å². The number of rotatable bonds is 26. The Morgan fingerprint density at radius 2 is 0.436 bits per heavy atom. The zero-order valence-electron chi connectivity index (χ0n) is 84.1. The van der Waals surface area contributed by atoms with E-state index in [4.69, 9.17) is 18.3 Å². The van der Waals surface area contributed by atoms with Gasteiger partial charge in [-0.2, -0.15) is 0 Å². The second kappa shape index (κ2) is 39.9. The Morgan fingerprint density at radius 3 is 0.602 bits per heavy atom. The van der Waals surface area contributed by atoms with Crippen molar-refractivity contribution in [2.45, 2.75) is 279 Å². The Balaban J connectivity index is 0.684. The zero-order valence-corrected chi connectivity index (χ0v) is 90.1. The lowest BCUT2D eigenvalue weighted by atomic mass is 9.89. The van der Waals surface area contributed by atoms with Crippen molar-refractivity contribution in [2.75, 3.05) is 0 Å². The first-order valence-corrected chi connectivity index (χ1v) is 63.2. The molecule has 0 bridgehead atoms. The minimum absolute atomic E-state index is 0.0938. The van der Waals surface area contributed by atoms with Gasteiger partial charge in [-0.3, -0.25) is 9.59 Å². The third kappa shape index (κ3) is 19.9. The first-order chi connectivity index (χ1) is 63.0. The fraction of sp³-hybridized carbons (Fsp3) is 0.355. The molecule has 0 radical (unpaired) electrons. The lowest BCUT2D eigenvalue weighted by Crippen LogP contribution is -2.52. The highest BCUT2D eigenvalue weighted by Crippen LogP contribution is 2.45. The fourth-order valence-electron chi connectivity index (χ4n) is 20.5. The number of carbonyl (C=O) groups excluding carboxylic acids is 2. The molecule has 0 heterocycles. The molecule has 0 spiro atoms. The number of benzene rings is 14. The molecule has 0 saturated heterocycles. The fourth-order valence-corrected chi connectivity index (χ4v) is 40.2. The van der Waals surface area contributed by atoms with Gasteiger partial charge in [-0.1, -0.05) is 370 Å².